The molecule has 1 aliphatic carbocycles. The minimum Gasteiger partial charge on any atom is -0.370 e. The molecule has 2 aliphatic heterocycles. The van der Waals surface area contributed by atoms with Crippen molar-refractivity contribution in [2.45, 2.75) is 95.7 Å². The van der Waals surface area contributed by atoms with Gasteiger partial charge in [-0.15, -0.1) is 0 Å². The van der Waals surface area contributed by atoms with E-state index in [2.05, 4.69) is 42.7 Å². The Bertz CT molecular complexity index is 2380. The second-order valence-corrected chi connectivity index (χ2v) is 16.2. The number of rotatable bonds is 10. The number of imidazole rings is 1. The van der Waals surface area contributed by atoms with Gasteiger partial charge >= 0.3 is 5.69 Å². The van der Waals surface area contributed by atoms with Crippen LogP contribution in [0.15, 0.2) is 47.7 Å². The number of amides is 3. The van der Waals surface area contributed by atoms with Gasteiger partial charge in [-0.05, 0) is 82.0 Å². The quantitative estimate of drug-likeness (QED) is 0.182. The van der Waals surface area contributed by atoms with Crippen molar-refractivity contribution in [1.82, 2.24) is 43.7 Å². The van der Waals surface area contributed by atoms with Crippen LogP contribution in [0, 0.1) is 5.92 Å². The average Bonchev–Trinajstić information content (AvgIpc) is 3.89. The molecular formula is C40H49F2N11O4. The number of alkyl halides is 2. The summed E-state index contributed by atoms with van der Waals surface area (Å²) in [5.74, 6) is -0.726. The van der Waals surface area contributed by atoms with E-state index in [4.69, 9.17) is 0 Å². The zero-order valence-corrected chi connectivity index (χ0v) is 32.7. The van der Waals surface area contributed by atoms with Crippen molar-refractivity contribution in [3.8, 4) is 0 Å². The first-order valence-corrected chi connectivity index (χ1v) is 19.9. The summed E-state index contributed by atoms with van der Waals surface area (Å²) in [4.78, 5) is 60.6. The van der Waals surface area contributed by atoms with Crippen LogP contribution in [-0.4, -0.2) is 88.9 Å². The predicted octanol–water partition coefficient (Wildman–Crippen LogP) is 5.20. The number of halogens is 2. The predicted molar refractivity (Wildman–Crippen MR) is 210 cm³/mol. The zero-order valence-electron chi connectivity index (χ0n) is 32.7. The van der Waals surface area contributed by atoms with Crippen LogP contribution >= 0.6 is 0 Å². The van der Waals surface area contributed by atoms with E-state index in [1.54, 1.807) is 22.5 Å². The summed E-state index contributed by atoms with van der Waals surface area (Å²) < 4.78 is 34.6. The number of nitrogens with zero attached hydrogens (tertiary/aromatic N) is 9. The Labute approximate surface area is 328 Å². The Morgan fingerprint density at radius 1 is 1.04 bits per heavy atom. The van der Waals surface area contributed by atoms with E-state index in [1.807, 2.05) is 38.1 Å². The average molecular weight is 786 g/mol. The Balaban J connectivity index is 0.869. The number of para-hydroxylation sites is 1. The maximum atomic E-state index is 14.2. The van der Waals surface area contributed by atoms with Gasteiger partial charge in [0.1, 0.15) is 11.6 Å². The second kappa shape index (κ2) is 15.5. The molecule has 17 heteroatoms. The maximum absolute atomic E-state index is 14.2. The fraction of sp³-hybridized carbons (Fsp3) is 0.525. The van der Waals surface area contributed by atoms with Crippen LogP contribution in [-0.2, 0) is 16.6 Å². The van der Waals surface area contributed by atoms with Gasteiger partial charge in [0.25, 0.3) is 12.3 Å². The van der Waals surface area contributed by atoms with Gasteiger partial charge in [0.05, 0.1) is 34.6 Å². The highest BCUT2D eigenvalue weighted by atomic mass is 19.3. The van der Waals surface area contributed by atoms with E-state index in [1.165, 1.54) is 21.5 Å². The molecule has 15 nitrogen and oxygen atoms in total. The third-order valence-electron chi connectivity index (χ3n) is 12.2. The molecule has 302 valence electrons. The largest absolute Gasteiger partial charge is 0.370 e. The Morgan fingerprint density at radius 2 is 1.79 bits per heavy atom. The molecule has 1 saturated carbocycles. The van der Waals surface area contributed by atoms with Crippen molar-refractivity contribution >= 4 is 45.8 Å². The van der Waals surface area contributed by atoms with Crippen molar-refractivity contribution in [2.75, 3.05) is 36.9 Å². The van der Waals surface area contributed by atoms with E-state index in [0.717, 1.165) is 75.1 Å². The summed E-state index contributed by atoms with van der Waals surface area (Å²) in [5.41, 5.74) is 3.06. The standard InChI is InChI=1S/C40H49F2N11O4/c1-23(2)28-16-19-51-37(44-28)27(20-43-51)38(55)45-29-22-52(47-34(29)36(41)42)26-10-8-24(9-11-26)21-48(3)25-14-17-50(18-15-25)30-6-5-7-31-35(30)49(4)40(57)53(31)32-12-13-33(54)46-39(32)56/h5-7,16,19-20,22-26,32,36H,8-15,17-18,21H2,1-4H3,(H,45,55)(H,46,54,56)/t24-,26-,32?. The number of hydrogen-bond donors (Lipinski definition) is 2. The van der Waals surface area contributed by atoms with E-state index in [-0.39, 0.29) is 41.2 Å². The topological polar surface area (TPSA) is 157 Å². The first kappa shape index (κ1) is 38.4. The first-order chi connectivity index (χ1) is 27.4. The van der Waals surface area contributed by atoms with Crippen molar-refractivity contribution in [3.63, 3.8) is 0 Å². The van der Waals surface area contributed by atoms with E-state index < -0.39 is 30.0 Å². The maximum Gasteiger partial charge on any atom is 0.329 e. The van der Waals surface area contributed by atoms with Gasteiger partial charge in [0, 0.05) is 57.2 Å². The lowest BCUT2D eigenvalue weighted by molar-refractivity contribution is -0.135. The van der Waals surface area contributed by atoms with Crippen LogP contribution in [0.4, 0.5) is 20.2 Å². The molecule has 1 atom stereocenters. The molecule has 57 heavy (non-hydrogen) atoms. The van der Waals surface area contributed by atoms with E-state index in [0.29, 0.717) is 29.5 Å². The fourth-order valence-electron chi connectivity index (χ4n) is 9.00. The van der Waals surface area contributed by atoms with Gasteiger partial charge in [0.15, 0.2) is 11.3 Å². The summed E-state index contributed by atoms with van der Waals surface area (Å²) in [6, 6.07) is 7.27. The molecule has 5 aromatic rings. The van der Waals surface area contributed by atoms with Crippen molar-refractivity contribution in [1.29, 1.82) is 0 Å². The number of anilines is 2. The molecule has 3 amide bonds. The molecule has 3 aliphatic rings. The summed E-state index contributed by atoms with van der Waals surface area (Å²) in [6.45, 7) is 6.57. The number of aromatic nitrogens is 7. The lowest BCUT2D eigenvalue weighted by atomic mass is 9.85. The van der Waals surface area contributed by atoms with Gasteiger partial charge in [-0.1, -0.05) is 19.9 Å². The number of aryl methyl sites for hydroxylation is 1. The third-order valence-corrected chi connectivity index (χ3v) is 12.2. The normalized spacial score (nSPS) is 21.1. The highest BCUT2D eigenvalue weighted by Crippen LogP contribution is 2.37. The van der Waals surface area contributed by atoms with Crippen LogP contribution in [0.1, 0.15) is 111 Å². The van der Waals surface area contributed by atoms with E-state index in [9.17, 15) is 28.0 Å². The van der Waals surface area contributed by atoms with Crippen molar-refractivity contribution < 1.29 is 23.2 Å². The Morgan fingerprint density at radius 3 is 2.49 bits per heavy atom. The number of benzene rings is 1. The highest BCUT2D eigenvalue weighted by Gasteiger charge is 2.34. The Hall–Kier alpha value is -5.45. The van der Waals surface area contributed by atoms with Crippen LogP contribution < -0.4 is 21.2 Å². The molecule has 0 spiro atoms. The summed E-state index contributed by atoms with van der Waals surface area (Å²) in [5, 5.41) is 13.5. The van der Waals surface area contributed by atoms with Crippen LogP contribution in [0.25, 0.3) is 16.7 Å². The number of piperidine rings is 2. The molecule has 2 saturated heterocycles. The number of imide groups is 1. The summed E-state index contributed by atoms with van der Waals surface area (Å²) in [6.07, 6.45) is 7.66. The SMILES string of the molecule is CC(C)c1ccn2ncc(C(=O)Nc3cn([C@H]4CC[C@H](CN(C)C5CCN(c6cccc7c6n(C)c(=O)n7C6CCC(=O)NC6=O)CC5)CC4)nc3C(F)F)c2n1. The molecule has 3 fully saturated rings. The smallest absolute Gasteiger partial charge is 0.329 e. The van der Waals surface area contributed by atoms with Crippen LogP contribution in [0.5, 0.6) is 0 Å². The molecule has 2 N–H and O–H groups in total. The molecule has 1 aromatic carbocycles. The zero-order chi connectivity index (χ0) is 40.1. The van der Waals surface area contributed by atoms with Gasteiger partial charge in [-0.25, -0.2) is 23.1 Å². The number of nitrogens with one attached hydrogen (secondary N) is 2. The monoisotopic (exact) mass is 785 g/mol. The minimum atomic E-state index is -2.86. The molecule has 6 heterocycles. The Kier molecular flexibility index (Phi) is 10.4. The van der Waals surface area contributed by atoms with Gasteiger partial charge in [0.2, 0.25) is 11.8 Å². The number of carbonyl (C=O) groups is 3. The molecular weight excluding hydrogens is 737 g/mol. The van der Waals surface area contributed by atoms with Gasteiger partial charge < -0.3 is 15.1 Å². The van der Waals surface area contributed by atoms with Crippen molar-refractivity contribution in [3.05, 3.63) is 70.3 Å². The number of carbonyl (C=O) groups excluding carboxylic acids is 3. The minimum absolute atomic E-state index is 0.00657. The first-order valence-electron chi connectivity index (χ1n) is 19.9. The van der Waals surface area contributed by atoms with E-state index >= 15 is 0 Å². The number of hydrogen-bond acceptors (Lipinski definition) is 9. The molecule has 0 bridgehead atoms. The molecule has 0 radical (unpaired) electrons. The summed E-state index contributed by atoms with van der Waals surface area (Å²) in [7, 11) is 3.91. The van der Waals surface area contributed by atoms with Crippen LogP contribution in [0.3, 0.4) is 0 Å². The molecule has 4 aromatic heterocycles. The van der Waals surface area contributed by atoms with Gasteiger partial charge in [-0.3, -0.25) is 33.5 Å². The highest BCUT2D eigenvalue weighted by molar-refractivity contribution is 6.08. The van der Waals surface area contributed by atoms with Crippen molar-refractivity contribution in [2.24, 2.45) is 13.0 Å². The van der Waals surface area contributed by atoms with Crippen LogP contribution in [0.2, 0.25) is 0 Å². The number of fused-ring (bicyclic) bond motifs is 2. The lowest BCUT2D eigenvalue weighted by Crippen LogP contribution is -2.45. The summed E-state index contributed by atoms with van der Waals surface area (Å²) >= 11 is 0. The third kappa shape index (κ3) is 7.32. The van der Waals surface area contributed by atoms with Gasteiger partial charge in [-0.2, -0.15) is 10.2 Å². The molecule has 1 unspecified atom stereocenters. The lowest BCUT2D eigenvalue weighted by Gasteiger charge is -2.40. The second-order valence-electron chi connectivity index (χ2n) is 16.2. The fourth-order valence-corrected chi connectivity index (χ4v) is 9.00. The molecule has 8 rings (SSSR count).